The molecule has 2 saturated heterocycles. The predicted molar refractivity (Wildman–Crippen MR) is 71.7 cm³/mol. The summed E-state index contributed by atoms with van der Waals surface area (Å²) in [4.78, 5) is 16.2. The third kappa shape index (κ3) is 3.04. The Labute approximate surface area is 110 Å². The van der Waals surface area contributed by atoms with Gasteiger partial charge in [-0.2, -0.15) is 0 Å². The molecule has 4 heteroatoms. The Kier molecular flexibility index (Phi) is 4.62. The highest BCUT2D eigenvalue weighted by Gasteiger charge is 2.42. The highest BCUT2D eigenvalue weighted by molar-refractivity contribution is 5.75. The quantitative estimate of drug-likeness (QED) is 0.810. The van der Waals surface area contributed by atoms with Crippen molar-refractivity contribution in [2.24, 2.45) is 5.41 Å². The summed E-state index contributed by atoms with van der Waals surface area (Å²) in [6, 6.07) is 0. The van der Waals surface area contributed by atoms with Gasteiger partial charge in [-0.3, -0.25) is 4.79 Å². The Morgan fingerprint density at radius 2 is 1.78 bits per heavy atom. The molecule has 104 valence electrons. The first-order valence-electron chi connectivity index (χ1n) is 7.34. The van der Waals surface area contributed by atoms with Gasteiger partial charge in [-0.15, -0.1) is 0 Å². The minimum atomic E-state index is -0.606. The molecule has 18 heavy (non-hydrogen) atoms. The van der Waals surface area contributed by atoms with Gasteiger partial charge < -0.3 is 14.9 Å². The molecule has 0 spiro atoms. The second-order valence-electron chi connectivity index (χ2n) is 5.87. The highest BCUT2D eigenvalue weighted by atomic mass is 16.4. The minimum absolute atomic E-state index is 0.470. The molecule has 2 fully saturated rings. The fourth-order valence-corrected chi connectivity index (χ4v) is 3.23. The lowest BCUT2D eigenvalue weighted by atomic mass is 9.84. The van der Waals surface area contributed by atoms with E-state index in [4.69, 9.17) is 0 Å². The number of carboxylic acid groups (broad SMARTS) is 1. The van der Waals surface area contributed by atoms with E-state index >= 15 is 0 Å². The van der Waals surface area contributed by atoms with Crippen molar-refractivity contribution >= 4 is 5.97 Å². The van der Waals surface area contributed by atoms with Gasteiger partial charge in [0.2, 0.25) is 0 Å². The van der Waals surface area contributed by atoms with Crippen LogP contribution in [-0.2, 0) is 4.79 Å². The zero-order valence-electron chi connectivity index (χ0n) is 11.5. The lowest BCUT2D eigenvalue weighted by molar-refractivity contribution is -0.148. The maximum atomic E-state index is 11.4. The molecule has 0 radical (unpaired) electrons. The summed E-state index contributed by atoms with van der Waals surface area (Å²) in [7, 11) is 0. The van der Waals surface area contributed by atoms with Crippen molar-refractivity contribution in [1.29, 1.82) is 0 Å². The molecule has 0 saturated carbocycles. The van der Waals surface area contributed by atoms with E-state index in [9.17, 15) is 9.90 Å². The molecular weight excluding hydrogens is 228 g/mol. The average Bonchev–Trinajstić information content (AvgIpc) is 2.83. The van der Waals surface area contributed by atoms with Crippen molar-refractivity contribution in [3.8, 4) is 0 Å². The van der Waals surface area contributed by atoms with Gasteiger partial charge in [-0.05, 0) is 45.3 Å². The number of aliphatic carboxylic acids is 1. The Morgan fingerprint density at radius 3 is 2.33 bits per heavy atom. The van der Waals surface area contributed by atoms with Gasteiger partial charge in [0.05, 0.1) is 5.41 Å². The Balaban J connectivity index is 1.76. The SMILES string of the molecule is CCC1(C(=O)O)CCN(CCN2CCCCC2)C1. The molecule has 0 aromatic carbocycles. The van der Waals surface area contributed by atoms with E-state index < -0.39 is 11.4 Å². The third-order valence-electron chi connectivity index (χ3n) is 4.74. The van der Waals surface area contributed by atoms with Crippen LogP contribution in [0.3, 0.4) is 0 Å². The van der Waals surface area contributed by atoms with Crippen LogP contribution < -0.4 is 0 Å². The first kappa shape index (κ1) is 13.8. The molecule has 0 amide bonds. The van der Waals surface area contributed by atoms with Gasteiger partial charge in [-0.1, -0.05) is 13.3 Å². The van der Waals surface area contributed by atoms with Crippen LogP contribution in [0.1, 0.15) is 39.0 Å². The fraction of sp³-hybridized carbons (Fsp3) is 0.929. The van der Waals surface area contributed by atoms with Gasteiger partial charge >= 0.3 is 5.97 Å². The van der Waals surface area contributed by atoms with Gasteiger partial charge in [0.15, 0.2) is 0 Å². The summed E-state index contributed by atoms with van der Waals surface area (Å²) in [5.74, 6) is -0.606. The van der Waals surface area contributed by atoms with Gasteiger partial charge in [0, 0.05) is 19.6 Å². The van der Waals surface area contributed by atoms with E-state index in [-0.39, 0.29) is 0 Å². The molecule has 1 unspecified atom stereocenters. The molecule has 0 aromatic heterocycles. The molecule has 4 nitrogen and oxygen atoms in total. The molecule has 1 atom stereocenters. The zero-order valence-corrected chi connectivity index (χ0v) is 11.5. The van der Waals surface area contributed by atoms with E-state index in [1.807, 2.05) is 6.92 Å². The first-order valence-corrected chi connectivity index (χ1v) is 7.34. The van der Waals surface area contributed by atoms with Crippen molar-refractivity contribution in [1.82, 2.24) is 9.80 Å². The second kappa shape index (κ2) is 6.02. The van der Waals surface area contributed by atoms with Crippen LogP contribution in [0.5, 0.6) is 0 Å². The van der Waals surface area contributed by atoms with Crippen molar-refractivity contribution in [3.05, 3.63) is 0 Å². The molecule has 0 aliphatic carbocycles. The van der Waals surface area contributed by atoms with Crippen molar-refractivity contribution in [2.75, 3.05) is 39.3 Å². The molecule has 2 heterocycles. The fourth-order valence-electron chi connectivity index (χ4n) is 3.23. The number of likely N-dealkylation sites (tertiary alicyclic amines) is 2. The summed E-state index contributed by atoms with van der Waals surface area (Å²) < 4.78 is 0. The van der Waals surface area contributed by atoms with Crippen LogP contribution in [0.15, 0.2) is 0 Å². The number of piperidine rings is 1. The average molecular weight is 254 g/mol. The maximum absolute atomic E-state index is 11.4. The molecule has 1 N–H and O–H groups in total. The normalized spacial score (nSPS) is 30.7. The highest BCUT2D eigenvalue weighted by Crippen LogP contribution is 2.33. The second-order valence-corrected chi connectivity index (χ2v) is 5.87. The Morgan fingerprint density at radius 1 is 1.11 bits per heavy atom. The van der Waals surface area contributed by atoms with Crippen LogP contribution in [0.25, 0.3) is 0 Å². The number of carboxylic acids is 1. The van der Waals surface area contributed by atoms with Crippen LogP contribution >= 0.6 is 0 Å². The summed E-state index contributed by atoms with van der Waals surface area (Å²) in [5.41, 5.74) is -0.470. The summed E-state index contributed by atoms with van der Waals surface area (Å²) in [5, 5.41) is 9.36. The molecule has 2 aliphatic rings. The summed E-state index contributed by atoms with van der Waals surface area (Å²) in [6.07, 6.45) is 5.60. The topological polar surface area (TPSA) is 43.8 Å². The maximum Gasteiger partial charge on any atom is 0.310 e. The van der Waals surface area contributed by atoms with Crippen LogP contribution in [-0.4, -0.2) is 60.1 Å². The van der Waals surface area contributed by atoms with Crippen LogP contribution in [0, 0.1) is 5.41 Å². The minimum Gasteiger partial charge on any atom is -0.481 e. The number of rotatable bonds is 5. The first-order chi connectivity index (χ1) is 8.66. The van der Waals surface area contributed by atoms with E-state index in [2.05, 4.69) is 9.80 Å². The lowest BCUT2D eigenvalue weighted by Gasteiger charge is -2.29. The smallest absolute Gasteiger partial charge is 0.310 e. The zero-order chi connectivity index (χ0) is 13.0. The standard InChI is InChI=1S/C14H26N2O2/c1-2-14(13(17)18)6-9-16(12-14)11-10-15-7-4-3-5-8-15/h2-12H2,1H3,(H,17,18). The van der Waals surface area contributed by atoms with Crippen molar-refractivity contribution in [2.45, 2.75) is 39.0 Å². The summed E-state index contributed by atoms with van der Waals surface area (Å²) in [6.45, 7) is 8.30. The van der Waals surface area contributed by atoms with E-state index in [0.717, 1.165) is 39.0 Å². The number of hydrogen-bond donors (Lipinski definition) is 1. The number of hydrogen-bond acceptors (Lipinski definition) is 3. The van der Waals surface area contributed by atoms with Gasteiger partial charge in [0.25, 0.3) is 0 Å². The van der Waals surface area contributed by atoms with Crippen LogP contribution in [0.2, 0.25) is 0 Å². The Bertz CT molecular complexity index is 290. The van der Waals surface area contributed by atoms with Gasteiger partial charge in [-0.25, -0.2) is 0 Å². The van der Waals surface area contributed by atoms with E-state index in [1.54, 1.807) is 0 Å². The van der Waals surface area contributed by atoms with Crippen LogP contribution in [0.4, 0.5) is 0 Å². The molecule has 2 aliphatic heterocycles. The molecule has 0 bridgehead atoms. The van der Waals surface area contributed by atoms with E-state index in [1.165, 1.54) is 32.4 Å². The van der Waals surface area contributed by atoms with Crippen molar-refractivity contribution < 1.29 is 9.90 Å². The van der Waals surface area contributed by atoms with E-state index in [0.29, 0.717) is 0 Å². The summed E-state index contributed by atoms with van der Waals surface area (Å²) >= 11 is 0. The van der Waals surface area contributed by atoms with Crippen molar-refractivity contribution in [3.63, 3.8) is 0 Å². The molecule has 0 aromatic rings. The monoisotopic (exact) mass is 254 g/mol. The largest absolute Gasteiger partial charge is 0.481 e. The third-order valence-corrected chi connectivity index (χ3v) is 4.74. The predicted octanol–water partition coefficient (Wildman–Crippen LogP) is 1.66. The van der Waals surface area contributed by atoms with Gasteiger partial charge in [0.1, 0.15) is 0 Å². The number of carbonyl (C=O) groups is 1. The molecule has 2 rings (SSSR count). The lowest BCUT2D eigenvalue weighted by Crippen LogP contribution is -2.39. The number of nitrogens with zero attached hydrogens (tertiary/aromatic N) is 2. The molecular formula is C14H26N2O2. The Hall–Kier alpha value is -0.610.